The van der Waals surface area contributed by atoms with Crippen LogP contribution in [0.1, 0.15) is 47.8 Å². The first-order valence-electron chi connectivity index (χ1n) is 10.6. The van der Waals surface area contributed by atoms with Crippen LogP contribution in [-0.2, 0) is 24.2 Å². The van der Waals surface area contributed by atoms with Crippen LogP contribution >= 0.6 is 23.1 Å². The molecule has 0 radical (unpaired) electrons. The van der Waals surface area contributed by atoms with Gasteiger partial charge >= 0.3 is 0 Å². The second-order valence-electron chi connectivity index (χ2n) is 7.58. The molecule has 0 saturated heterocycles. The maximum atomic E-state index is 12.7. The van der Waals surface area contributed by atoms with E-state index in [1.54, 1.807) is 11.3 Å². The maximum absolute atomic E-state index is 12.7. The second kappa shape index (κ2) is 9.67. The molecule has 0 fully saturated rings. The fourth-order valence-corrected chi connectivity index (χ4v) is 6.00. The highest BCUT2D eigenvalue weighted by atomic mass is 32.2. The van der Waals surface area contributed by atoms with Gasteiger partial charge in [0.15, 0.2) is 11.0 Å². The predicted octanol–water partition coefficient (Wildman–Crippen LogP) is 5.21. The molecule has 1 aliphatic rings. The van der Waals surface area contributed by atoms with Crippen molar-refractivity contribution in [3.63, 3.8) is 0 Å². The van der Waals surface area contributed by atoms with Gasteiger partial charge in [0.2, 0.25) is 5.91 Å². The predicted molar refractivity (Wildman–Crippen MR) is 126 cm³/mol. The zero-order valence-corrected chi connectivity index (χ0v) is 19.4. The Hall–Kier alpha value is -2.63. The van der Waals surface area contributed by atoms with Gasteiger partial charge in [-0.3, -0.25) is 4.79 Å². The quantitative estimate of drug-likeness (QED) is 0.411. The van der Waals surface area contributed by atoms with Crippen molar-refractivity contribution in [2.75, 3.05) is 11.1 Å². The van der Waals surface area contributed by atoms with Crippen LogP contribution in [0.3, 0.4) is 0 Å². The number of hydrogen-bond acceptors (Lipinski definition) is 6. The molecule has 0 bridgehead atoms. The van der Waals surface area contributed by atoms with Crippen molar-refractivity contribution in [2.24, 2.45) is 0 Å². The number of nitrogens with zero attached hydrogens (tertiary/aromatic N) is 4. The molecule has 0 aliphatic heterocycles. The smallest absolute Gasteiger partial charge is 0.235 e. The van der Waals surface area contributed by atoms with Gasteiger partial charge in [0.25, 0.3) is 0 Å². The number of benzene rings is 1. The third-order valence-corrected chi connectivity index (χ3v) is 7.71. The molecule has 160 valence electrons. The number of fused-ring (bicyclic) bond motifs is 1. The molecule has 1 aliphatic carbocycles. The number of nitrogens with one attached hydrogen (secondary N) is 1. The maximum Gasteiger partial charge on any atom is 0.235 e. The third kappa shape index (κ3) is 4.53. The normalized spacial score (nSPS) is 13.3. The van der Waals surface area contributed by atoms with E-state index in [2.05, 4.69) is 34.6 Å². The van der Waals surface area contributed by atoms with E-state index in [4.69, 9.17) is 0 Å². The van der Waals surface area contributed by atoms with Crippen LogP contribution in [0.4, 0.5) is 5.00 Å². The Labute approximate surface area is 190 Å². The van der Waals surface area contributed by atoms with Crippen molar-refractivity contribution in [2.45, 2.75) is 57.7 Å². The molecule has 31 heavy (non-hydrogen) atoms. The molecule has 0 unspecified atom stereocenters. The number of amides is 1. The molecule has 1 aromatic carbocycles. The largest absolute Gasteiger partial charge is 0.316 e. The van der Waals surface area contributed by atoms with Crippen molar-refractivity contribution in [3.05, 3.63) is 45.8 Å². The molecule has 2 aromatic heterocycles. The average molecular weight is 452 g/mol. The van der Waals surface area contributed by atoms with Gasteiger partial charge in [0.05, 0.1) is 11.3 Å². The number of rotatable bonds is 6. The van der Waals surface area contributed by atoms with Gasteiger partial charge in [0.1, 0.15) is 11.1 Å². The van der Waals surface area contributed by atoms with E-state index in [0.29, 0.717) is 10.6 Å². The van der Waals surface area contributed by atoms with Gasteiger partial charge in [-0.25, -0.2) is 0 Å². The van der Waals surface area contributed by atoms with E-state index >= 15 is 0 Å². The number of nitriles is 1. The summed E-state index contributed by atoms with van der Waals surface area (Å²) in [6.07, 6.45) is 5.39. The summed E-state index contributed by atoms with van der Waals surface area (Å²) in [4.78, 5) is 13.9. The highest BCUT2D eigenvalue weighted by Crippen LogP contribution is 2.37. The Bertz CT molecular complexity index is 1140. The number of carbonyl (C=O) groups excluding carboxylic acids is 1. The minimum absolute atomic E-state index is 0.124. The van der Waals surface area contributed by atoms with E-state index in [0.717, 1.165) is 59.9 Å². The minimum Gasteiger partial charge on any atom is -0.316 e. The fourth-order valence-electron chi connectivity index (χ4n) is 3.95. The number of anilines is 1. The highest BCUT2D eigenvalue weighted by Gasteiger charge is 2.21. The van der Waals surface area contributed by atoms with E-state index in [9.17, 15) is 10.1 Å². The number of thioether (sulfide) groups is 1. The Morgan fingerprint density at radius 3 is 2.84 bits per heavy atom. The van der Waals surface area contributed by atoms with Gasteiger partial charge in [0, 0.05) is 17.0 Å². The number of aromatic nitrogens is 3. The summed E-state index contributed by atoms with van der Waals surface area (Å²) in [5.41, 5.74) is 3.98. The van der Waals surface area contributed by atoms with Crippen molar-refractivity contribution in [1.82, 2.24) is 14.8 Å². The van der Waals surface area contributed by atoms with Crippen LogP contribution in [0, 0.1) is 18.3 Å². The molecule has 3 aromatic rings. The third-order valence-electron chi connectivity index (χ3n) is 5.54. The fraction of sp³-hybridized carbons (Fsp3) is 0.391. The van der Waals surface area contributed by atoms with E-state index < -0.39 is 0 Å². The van der Waals surface area contributed by atoms with Gasteiger partial charge in [-0.05, 0) is 50.7 Å². The van der Waals surface area contributed by atoms with Crippen LogP contribution in [0.5, 0.6) is 0 Å². The second-order valence-corrected chi connectivity index (χ2v) is 9.63. The molecule has 4 rings (SSSR count). The molecular weight excluding hydrogens is 426 g/mol. The summed E-state index contributed by atoms with van der Waals surface area (Å²) in [6, 6.07) is 10.4. The van der Waals surface area contributed by atoms with Crippen LogP contribution in [-0.4, -0.2) is 26.4 Å². The Morgan fingerprint density at radius 1 is 1.26 bits per heavy atom. The molecule has 6 nitrogen and oxygen atoms in total. The molecule has 0 spiro atoms. The van der Waals surface area contributed by atoms with E-state index in [-0.39, 0.29) is 11.7 Å². The van der Waals surface area contributed by atoms with Gasteiger partial charge in [-0.1, -0.05) is 42.4 Å². The number of carbonyl (C=O) groups is 1. The van der Waals surface area contributed by atoms with Crippen LogP contribution in [0.2, 0.25) is 0 Å². The number of aryl methyl sites for hydroxylation is 2. The van der Waals surface area contributed by atoms with E-state index in [1.165, 1.54) is 23.1 Å². The van der Waals surface area contributed by atoms with Crippen LogP contribution in [0.25, 0.3) is 11.4 Å². The van der Waals surface area contributed by atoms with Crippen molar-refractivity contribution >= 4 is 34.0 Å². The highest BCUT2D eigenvalue weighted by molar-refractivity contribution is 7.99. The lowest BCUT2D eigenvalue weighted by atomic mass is 10.1. The lowest BCUT2D eigenvalue weighted by molar-refractivity contribution is -0.113. The lowest BCUT2D eigenvalue weighted by Gasteiger charge is -2.09. The first-order valence-corrected chi connectivity index (χ1v) is 12.4. The zero-order valence-electron chi connectivity index (χ0n) is 17.8. The minimum atomic E-state index is -0.124. The summed E-state index contributed by atoms with van der Waals surface area (Å²) in [6.45, 7) is 4.82. The standard InChI is InChI=1S/C23H25N5OS2/c1-3-28-21(16-10-8-7-9-15(16)2)26-27-23(28)30-14-20(29)25-22-18(13-24)17-11-5-4-6-12-19(17)31-22/h7-10H,3-6,11-12,14H2,1-2H3,(H,25,29). The molecule has 0 saturated carbocycles. The Morgan fingerprint density at radius 2 is 2.06 bits per heavy atom. The SMILES string of the molecule is CCn1c(SCC(=O)Nc2sc3c(c2C#N)CCCCC3)nnc1-c1ccccc1C. The topological polar surface area (TPSA) is 83.6 Å². The molecule has 1 amide bonds. The molecule has 2 heterocycles. The van der Waals surface area contributed by atoms with Gasteiger partial charge in [-0.15, -0.1) is 21.5 Å². The summed E-state index contributed by atoms with van der Waals surface area (Å²) in [7, 11) is 0. The first kappa shape index (κ1) is 21.6. The molecule has 0 atom stereocenters. The molecule has 8 heteroatoms. The van der Waals surface area contributed by atoms with Crippen LogP contribution in [0.15, 0.2) is 29.4 Å². The zero-order chi connectivity index (χ0) is 21.8. The molecular formula is C23H25N5OS2. The summed E-state index contributed by atoms with van der Waals surface area (Å²) < 4.78 is 2.04. The summed E-state index contributed by atoms with van der Waals surface area (Å²) in [5, 5.41) is 22.7. The molecule has 1 N–H and O–H groups in total. The monoisotopic (exact) mass is 451 g/mol. The number of thiophene rings is 1. The van der Waals surface area contributed by atoms with Crippen LogP contribution < -0.4 is 5.32 Å². The van der Waals surface area contributed by atoms with Crippen molar-refractivity contribution < 1.29 is 4.79 Å². The van der Waals surface area contributed by atoms with Crippen molar-refractivity contribution in [3.8, 4) is 17.5 Å². The van der Waals surface area contributed by atoms with Gasteiger partial charge < -0.3 is 9.88 Å². The van der Waals surface area contributed by atoms with Gasteiger partial charge in [-0.2, -0.15) is 5.26 Å². The number of hydrogen-bond donors (Lipinski definition) is 1. The average Bonchev–Trinajstić information content (AvgIpc) is 3.24. The Kier molecular flexibility index (Phi) is 6.73. The lowest BCUT2D eigenvalue weighted by Crippen LogP contribution is -2.14. The first-order chi connectivity index (χ1) is 15.1. The van der Waals surface area contributed by atoms with E-state index in [1.807, 2.05) is 29.7 Å². The summed E-state index contributed by atoms with van der Waals surface area (Å²) >= 11 is 2.93. The summed E-state index contributed by atoms with van der Waals surface area (Å²) in [5.74, 6) is 0.914. The van der Waals surface area contributed by atoms with Crippen molar-refractivity contribution in [1.29, 1.82) is 5.26 Å². The Balaban J connectivity index is 1.47.